The lowest BCUT2D eigenvalue weighted by molar-refractivity contribution is 0.0827. The molecule has 0 bridgehead atoms. The van der Waals surface area contributed by atoms with Gasteiger partial charge in [-0.1, -0.05) is 17.7 Å². The molecule has 0 unspecified atom stereocenters. The fourth-order valence-corrected chi connectivity index (χ4v) is 3.10. The van der Waals surface area contributed by atoms with Crippen LogP contribution in [0.1, 0.15) is 10.4 Å². The molecule has 0 aliphatic rings. The first-order chi connectivity index (χ1) is 10.7. The summed E-state index contributed by atoms with van der Waals surface area (Å²) in [6, 6.07) is 9.11. The van der Waals surface area contributed by atoms with Crippen molar-refractivity contribution in [3.8, 4) is 0 Å². The van der Waals surface area contributed by atoms with Crippen molar-refractivity contribution in [2.24, 2.45) is 0 Å². The SMILES string of the molecule is CN(C)C(=O)c1cccc(S(=O)(=O)Nc2ccc(Cl)cc2F)c1. The van der Waals surface area contributed by atoms with E-state index < -0.39 is 15.8 Å². The summed E-state index contributed by atoms with van der Waals surface area (Å²) in [5.74, 6) is -1.12. The van der Waals surface area contributed by atoms with Gasteiger partial charge in [0.15, 0.2) is 0 Å². The van der Waals surface area contributed by atoms with Gasteiger partial charge in [0.2, 0.25) is 0 Å². The fraction of sp³-hybridized carbons (Fsp3) is 0.133. The van der Waals surface area contributed by atoms with E-state index in [4.69, 9.17) is 11.6 Å². The molecule has 8 heteroatoms. The van der Waals surface area contributed by atoms with Crippen LogP contribution in [0.3, 0.4) is 0 Å². The minimum atomic E-state index is -4.03. The normalized spacial score (nSPS) is 11.1. The largest absolute Gasteiger partial charge is 0.345 e. The molecule has 23 heavy (non-hydrogen) atoms. The van der Waals surface area contributed by atoms with Crippen LogP contribution in [0.4, 0.5) is 10.1 Å². The van der Waals surface area contributed by atoms with Gasteiger partial charge in [-0.05, 0) is 36.4 Å². The molecule has 0 heterocycles. The van der Waals surface area contributed by atoms with Gasteiger partial charge in [0.1, 0.15) is 5.82 Å². The summed E-state index contributed by atoms with van der Waals surface area (Å²) in [7, 11) is -0.914. The number of sulfonamides is 1. The highest BCUT2D eigenvalue weighted by Crippen LogP contribution is 2.22. The highest BCUT2D eigenvalue weighted by molar-refractivity contribution is 7.92. The summed E-state index contributed by atoms with van der Waals surface area (Å²) < 4.78 is 40.6. The van der Waals surface area contributed by atoms with Crippen molar-refractivity contribution < 1.29 is 17.6 Å². The van der Waals surface area contributed by atoms with E-state index in [9.17, 15) is 17.6 Å². The molecular weight excluding hydrogens is 343 g/mol. The average Bonchev–Trinajstić information content (AvgIpc) is 2.49. The summed E-state index contributed by atoms with van der Waals surface area (Å²) in [5.41, 5.74) is -0.00630. The number of carbonyl (C=O) groups excluding carboxylic acids is 1. The first kappa shape index (κ1) is 17.2. The molecule has 0 radical (unpaired) electrons. The molecule has 1 amide bonds. The van der Waals surface area contributed by atoms with Crippen LogP contribution in [0, 0.1) is 5.82 Å². The Labute approximate surface area is 138 Å². The van der Waals surface area contributed by atoms with Crippen molar-refractivity contribution in [1.82, 2.24) is 4.90 Å². The smallest absolute Gasteiger partial charge is 0.262 e. The Morgan fingerprint density at radius 3 is 2.48 bits per heavy atom. The lowest BCUT2D eigenvalue weighted by atomic mass is 10.2. The number of benzene rings is 2. The third-order valence-corrected chi connectivity index (χ3v) is 4.57. The van der Waals surface area contributed by atoms with E-state index in [0.717, 1.165) is 6.07 Å². The average molecular weight is 357 g/mol. The van der Waals surface area contributed by atoms with Gasteiger partial charge >= 0.3 is 0 Å². The highest BCUT2D eigenvalue weighted by atomic mass is 35.5. The van der Waals surface area contributed by atoms with E-state index >= 15 is 0 Å². The van der Waals surface area contributed by atoms with Gasteiger partial charge in [-0.3, -0.25) is 9.52 Å². The van der Waals surface area contributed by atoms with Crippen LogP contribution in [0.5, 0.6) is 0 Å². The van der Waals surface area contributed by atoms with Crippen molar-refractivity contribution in [1.29, 1.82) is 0 Å². The number of nitrogens with one attached hydrogen (secondary N) is 1. The van der Waals surface area contributed by atoms with Crippen LogP contribution in [0.25, 0.3) is 0 Å². The summed E-state index contributed by atoms with van der Waals surface area (Å²) in [4.78, 5) is 13.1. The number of rotatable bonds is 4. The van der Waals surface area contributed by atoms with Crippen molar-refractivity contribution in [2.75, 3.05) is 18.8 Å². The van der Waals surface area contributed by atoms with Crippen LogP contribution in [-0.2, 0) is 10.0 Å². The maximum absolute atomic E-state index is 13.7. The van der Waals surface area contributed by atoms with Crippen LogP contribution in [-0.4, -0.2) is 33.3 Å². The van der Waals surface area contributed by atoms with Crippen molar-refractivity contribution in [3.63, 3.8) is 0 Å². The molecule has 1 N–H and O–H groups in total. The topological polar surface area (TPSA) is 66.5 Å². The lowest BCUT2D eigenvalue weighted by Gasteiger charge is -2.12. The molecule has 2 aromatic rings. The minimum absolute atomic E-state index is 0.139. The number of carbonyl (C=O) groups is 1. The second-order valence-electron chi connectivity index (χ2n) is 4.96. The van der Waals surface area contributed by atoms with E-state index in [2.05, 4.69) is 4.72 Å². The van der Waals surface area contributed by atoms with Gasteiger partial charge in [0, 0.05) is 24.7 Å². The summed E-state index contributed by atoms with van der Waals surface area (Å²) >= 11 is 5.63. The monoisotopic (exact) mass is 356 g/mol. The summed E-state index contributed by atoms with van der Waals surface area (Å²) in [6.07, 6.45) is 0. The molecule has 0 spiro atoms. The molecule has 5 nitrogen and oxygen atoms in total. The molecule has 0 fully saturated rings. The number of anilines is 1. The van der Waals surface area contributed by atoms with Gasteiger partial charge in [-0.2, -0.15) is 0 Å². The van der Waals surface area contributed by atoms with Gasteiger partial charge in [0.25, 0.3) is 15.9 Å². The molecule has 0 saturated carbocycles. The molecule has 122 valence electrons. The minimum Gasteiger partial charge on any atom is -0.345 e. The van der Waals surface area contributed by atoms with E-state index in [-0.39, 0.29) is 27.1 Å². The molecule has 2 rings (SSSR count). The number of nitrogens with zero attached hydrogens (tertiary/aromatic N) is 1. The van der Waals surface area contributed by atoms with E-state index in [1.54, 1.807) is 14.1 Å². The Hall–Kier alpha value is -2.12. The molecule has 0 aliphatic heterocycles. The quantitative estimate of drug-likeness (QED) is 0.915. The third-order valence-electron chi connectivity index (χ3n) is 2.97. The van der Waals surface area contributed by atoms with Gasteiger partial charge in [-0.25, -0.2) is 12.8 Å². The summed E-state index contributed by atoms with van der Waals surface area (Å²) in [6.45, 7) is 0. The number of hydrogen-bond donors (Lipinski definition) is 1. The van der Waals surface area contributed by atoms with Crippen molar-refractivity contribution in [3.05, 3.63) is 58.9 Å². The predicted octanol–water partition coefficient (Wildman–Crippen LogP) is 2.98. The molecule has 0 aromatic heterocycles. The Bertz CT molecular complexity index is 854. The van der Waals surface area contributed by atoms with Gasteiger partial charge in [0.05, 0.1) is 10.6 Å². The van der Waals surface area contributed by atoms with Gasteiger partial charge < -0.3 is 4.90 Å². The number of hydrogen-bond acceptors (Lipinski definition) is 3. The van der Waals surface area contributed by atoms with Crippen LogP contribution < -0.4 is 4.72 Å². The zero-order valence-electron chi connectivity index (χ0n) is 12.4. The maximum atomic E-state index is 13.7. The Morgan fingerprint density at radius 2 is 1.87 bits per heavy atom. The second kappa shape index (κ2) is 6.55. The molecule has 2 aromatic carbocycles. The van der Waals surface area contributed by atoms with Crippen LogP contribution in [0.2, 0.25) is 5.02 Å². The van der Waals surface area contributed by atoms with Gasteiger partial charge in [-0.15, -0.1) is 0 Å². The zero-order chi connectivity index (χ0) is 17.2. The first-order valence-electron chi connectivity index (χ1n) is 6.50. The first-order valence-corrected chi connectivity index (χ1v) is 8.36. The maximum Gasteiger partial charge on any atom is 0.262 e. The number of amides is 1. The van der Waals surface area contributed by atoms with E-state index in [1.165, 1.54) is 41.3 Å². The second-order valence-corrected chi connectivity index (χ2v) is 7.08. The van der Waals surface area contributed by atoms with Crippen molar-refractivity contribution in [2.45, 2.75) is 4.90 Å². The zero-order valence-corrected chi connectivity index (χ0v) is 14.0. The Kier molecular flexibility index (Phi) is 4.91. The standard InChI is InChI=1S/C15H14ClFN2O3S/c1-19(2)15(20)10-4-3-5-12(8-10)23(21,22)18-14-7-6-11(16)9-13(14)17/h3-9,18H,1-2H3. The van der Waals surface area contributed by atoms with E-state index in [0.29, 0.717) is 0 Å². The third kappa shape index (κ3) is 4.00. The molecule has 0 atom stereocenters. The van der Waals surface area contributed by atoms with Crippen molar-refractivity contribution >= 4 is 33.2 Å². The highest BCUT2D eigenvalue weighted by Gasteiger charge is 2.18. The van der Waals surface area contributed by atoms with Crippen LogP contribution in [0.15, 0.2) is 47.4 Å². The molecular formula is C15H14ClFN2O3S. The lowest BCUT2D eigenvalue weighted by Crippen LogP contribution is -2.22. The van der Waals surface area contributed by atoms with Crippen LogP contribution >= 0.6 is 11.6 Å². The number of halogens is 2. The molecule has 0 aliphatic carbocycles. The Balaban J connectivity index is 2.36. The molecule has 0 saturated heterocycles. The predicted molar refractivity (Wildman–Crippen MR) is 86.7 cm³/mol. The Morgan fingerprint density at radius 1 is 1.17 bits per heavy atom. The van der Waals surface area contributed by atoms with E-state index in [1.807, 2.05) is 0 Å². The summed E-state index contributed by atoms with van der Waals surface area (Å²) in [5, 5.41) is 0.157. The fourth-order valence-electron chi connectivity index (χ4n) is 1.83.